The van der Waals surface area contributed by atoms with Gasteiger partial charge in [-0.15, -0.1) is 0 Å². The standard InChI is InChI=1S/C28H42O5/c1-17(33-25(31)26(3,4)5)22-9-10-23-21-8-7-19-15-20(30)11-14-28(19,16-32-18(2)29)24(21)12-13-27(22,23)6/h17,19,22,24H,7-16H2,1-6H3/t17-,19?,22+,24-,27+,28+/m0/s1. The second kappa shape index (κ2) is 8.53. The zero-order valence-corrected chi connectivity index (χ0v) is 21.4. The zero-order valence-electron chi connectivity index (χ0n) is 21.4. The maximum Gasteiger partial charge on any atom is 0.311 e. The van der Waals surface area contributed by atoms with Gasteiger partial charge in [-0.2, -0.15) is 0 Å². The van der Waals surface area contributed by atoms with Crippen molar-refractivity contribution in [1.29, 1.82) is 0 Å². The van der Waals surface area contributed by atoms with E-state index in [9.17, 15) is 14.4 Å². The Labute approximate surface area is 199 Å². The Balaban J connectivity index is 1.63. The molecule has 184 valence electrons. The van der Waals surface area contributed by atoms with Gasteiger partial charge in [-0.3, -0.25) is 14.4 Å². The van der Waals surface area contributed by atoms with Crippen molar-refractivity contribution in [3.8, 4) is 0 Å². The van der Waals surface area contributed by atoms with Crippen LogP contribution < -0.4 is 0 Å². The average molecular weight is 459 g/mol. The van der Waals surface area contributed by atoms with Crippen molar-refractivity contribution >= 4 is 17.7 Å². The lowest BCUT2D eigenvalue weighted by molar-refractivity contribution is -0.163. The van der Waals surface area contributed by atoms with E-state index >= 15 is 0 Å². The maximum atomic E-state index is 12.6. The summed E-state index contributed by atoms with van der Waals surface area (Å²) >= 11 is 0. The predicted molar refractivity (Wildman–Crippen MR) is 126 cm³/mol. The molecule has 33 heavy (non-hydrogen) atoms. The second-order valence-corrected chi connectivity index (χ2v) is 12.5. The third-order valence-corrected chi connectivity index (χ3v) is 9.60. The Morgan fingerprint density at radius 2 is 1.82 bits per heavy atom. The number of allylic oxidation sites excluding steroid dienone is 2. The first kappa shape index (κ1) is 24.5. The first-order chi connectivity index (χ1) is 15.4. The highest BCUT2D eigenvalue weighted by Crippen LogP contribution is 2.65. The van der Waals surface area contributed by atoms with Crippen LogP contribution in [-0.2, 0) is 23.9 Å². The molecule has 3 fully saturated rings. The van der Waals surface area contributed by atoms with Crippen molar-refractivity contribution in [3.63, 3.8) is 0 Å². The number of carbonyl (C=O) groups excluding carboxylic acids is 3. The maximum absolute atomic E-state index is 12.6. The number of esters is 2. The summed E-state index contributed by atoms with van der Waals surface area (Å²) in [6.45, 7) is 12.1. The average Bonchev–Trinajstić information content (AvgIpc) is 3.09. The van der Waals surface area contributed by atoms with Gasteiger partial charge in [0.1, 0.15) is 11.9 Å². The Bertz CT molecular complexity index is 864. The number of hydrogen-bond donors (Lipinski definition) is 0. The van der Waals surface area contributed by atoms with Crippen LogP contribution in [0.3, 0.4) is 0 Å². The van der Waals surface area contributed by atoms with Crippen LogP contribution in [0.5, 0.6) is 0 Å². The summed E-state index contributed by atoms with van der Waals surface area (Å²) in [5.41, 5.74) is 2.64. The fraction of sp³-hybridized carbons (Fsp3) is 0.821. The largest absolute Gasteiger partial charge is 0.465 e. The van der Waals surface area contributed by atoms with Crippen LogP contribution in [0.1, 0.15) is 99.3 Å². The molecule has 0 aromatic carbocycles. The molecule has 3 saturated carbocycles. The van der Waals surface area contributed by atoms with Gasteiger partial charge < -0.3 is 9.47 Å². The van der Waals surface area contributed by atoms with Crippen LogP contribution in [0, 0.1) is 34.0 Å². The van der Waals surface area contributed by atoms with Crippen molar-refractivity contribution in [1.82, 2.24) is 0 Å². The molecule has 4 rings (SSSR count). The van der Waals surface area contributed by atoms with E-state index < -0.39 is 5.41 Å². The number of ketones is 1. The van der Waals surface area contributed by atoms with E-state index in [2.05, 4.69) is 13.8 Å². The predicted octanol–water partition coefficient (Wildman–Crippen LogP) is 5.80. The normalized spacial score (nSPS) is 37.0. The molecule has 0 amide bonds. The van der Waals surface area contributed by atoms with Crippen molar-refractivity contribution in [2.45, 2.75) is 105 Å². The lowest BCUT2D eigenvalue weighted by Gasteiger charge is -2.56. The van der Waals surface area contributed by atoms with Gasteiger partial charge >= 0.3 is 11.9 Å². The van der Waals surface area contributed by atoms with Crippen molar-refractivity contribution in [2.24, 2.45) is 34.0 Å². The van der Waals surface area contributed by atoms with E-state index in [1.165, 1.54) is 6.92 Å². The van der Waals surface area contributed by atoms with Crippen molar-refractivity contribution < 1.29 is 23.9 Å². The minimum Gasteiger partial charge on any atom is -0.465 e. The van der Waals surface area contributed by atoms with E-state index in [0.29, 0.717) is 43.0 Å². The van der Waals surface area contributed by atoms with Gasteiger partial charge in [0.05, 0.1) is 12.0 Å². The van der Waals surface area contributed by atoms with E-state index in [1.807, 2.05) is 20.8 Å². The molecule has 0 aromatic rings. The molecule has 4 aliphatic carbocycles. The molecular formula is C28H42O5. The van der Waals surface area contributed by atoms with Crippen LogP contribution in [0.15, 0.2) is 11.1 Å². The summed E-state index contributed by atoms with van der Waals surface area (Å²) in [5.74, 6) is 1.07. The molecule has 0 saturated heterocycles. The zero-order chi connectivity index (χ0) is 24.2. The highest BCUT2D eigenvalue weighted by Gasteiger charge is 2.58. The van der Waals surface area contributed by atoms with Gasteiger partial charge in [0.2, 0.25) is 0 Å². The Hall–Kier alpha value is -1.65. The van der Waals surface area contributed by atoms with Gasteiger partial charge in [-0.05, 0) is 89.9 Å². The SMILES string of the molecule is CC(=O)OC[C@]12CCC(=O)CC1CCC1=C3CC[C@H]([C@H](C)OC(=O)C(C)(C)C)[C@@]3(C)CC[C@@H]12. The molecule has 5 nitrogen and oxygen atoms in total. The fourth-order valence-electron chi connectivity index (χ4n) is 7.82. The summed E-state index contributed by atoms with van der Waals surface area (Å²) in [5, 5.41) is 0. The van der Waals surface area contributed by atoms with Gasteiger partial charge in [-0.25, -0.2) is 0 Å². The van der Waals surface area contributed by atoms with Crippen molar-refractivity contribution in [2.75, 3.05) is 6.61 Å². The molecule has 5 heteroatoms. The number of fused-ring (bicyclic) bond motifs is 4. The number of carbonyl (C=O) groups is 3. The van der Waals surface area contributed by atoms with E-state index in [4.69, 9.17) is 9.47 Å². The van der Waals surface area contributed by atoms with Gasteiger partial charge in [-0.1, -0.05) is 18.1 Å². The molecular weight excluding hydrogens is 416 g/mol. The van der Waals surface area contributed by atoms with E-state index in [0.717, 1.165) is 44.9 Å². The first-order valence-corrected chi connectivity index (χ1v) is 13.0. The topological polar surface area (TPSA) is 69.7 Å². The molecule has 6 atom stereocenters. The molecule has 0 aliphatic heterocycles. The lowest BCUT2D eigenvalue weighted by atomic mass is 9.48. The fourth-order valence-corrected chi connectivity index (χ4v) is 7.82. The van der Waals surface area contributed by atoms with E-state index in [1.54, 1.807) is 11.1 Å². The third-order valence-electron chi connectivity index (χ3n) is 9.60. The minimum absolute atomic E-state index is 0.0589. The Kier molecular flexibility index (Phi) is 6.33. The quantitative estimate of drug-likeness (QED) is 0.393. The Morgan fingerprint density at radius 1 is 1.09 bits per heavy atom. The monoisotopic (exact) mass is 458 g/mol. The van der Waals surface area contributed by atoms with Crippen LogP contribution in [-0.4, -0.2) is 30.4 Å². The number of ether oxygens (including phenoxy) is 2. The highest BCUT2D eigenvalue weighted by atomic mass is 16.5. The first-order valence-electron chi connectivity index (χ1n) is 13.0. The molecule has 0 bridgehead atoms. The molecule has 0 radical (unpaired) electrons. The van der Waals surface area contributed by atoms with Crippen LogP contribution in [0.25, 0.3) is 0 Å². The summed E-state index contributed by atoms with van der Waals surface area (Å²) in [6.07, 6.45) is 8.31. The summed E-state index contributed by atoms with van der Waals surface area (Å²) in [6, 6.07) is 0. The summed E-state index contributed by atoms with van der Waals surface area (Å²) in [4.78, 5) is 36.6. The number of hydrogen-bond acceptors (Lipinski definition) is 5. The molecule has 4 aliphatic rings. The molecule has 0 heterocycles. The second-order valence-electron chi connectivity index (χ2n) is 12.5. The minimum atomic E-state index is -0.493. The van der Waals surface area contributed by atoms with Crippen LogP contribution in [0.4, 0.5) is 0 Å². The molecule has 0 N–H and O–H groups in total. The third kappa shape index (κ3) is 4.18. The lowest BCUT2D eigenvalue weighted by Crippen LogP contribution is -2.52. The molecule has 0 aromatic heterocycles. The molecule has 0 spiro atoms. The summed E-state index contributed by atoms with van der Waals surface area (Å²) in [7, 11) is 0. The van der Waals surface area contributed by atoms with Gasteiger partial charge in [0.15, 0.2) is 0 Å². The summed E-state index contributed by atoms with van der Waals surface area (Å²) < 4.78 is 11.6. The molecule has 1 unspecified atom stereocenters. The Morgan fingerprint density at radius 3 is 2.48 bits per heavy atom. The van der Waals surface area contributed by atoms with Crippen LogP contribution in [0.2, 0.25) is 0 Å². The number of Topliss-reactive ketones (excluding diaryl/α,β-unsaturated/α-hetero) is 1. The van der Waals surface area contributed by atoms with Gasteiger partial charge in [0, 0.05) is 31.1 Å². The highest BCUT2D eigenvalue weighted by molar-refractivity contribution is 5.80. The van der Waals surface area contributed by atoms with Crippen molar-refractivity contribution in [3.05, 3.63) is 11.1 Å². The number of rotatable bonds is 4. The van der Waals surface area contributed by atoms with Crippen LogP contribution >= 0.6 is 0 Å². The van der Waals surface area contributed by atoms with Gasteiger partial charge in [0.25, 0.3) is 0 Å². The van der Waals surface area contributed by atoms with E-state index in [-0.39, 0.29) is 28.9 Å². The smallest absolute Gasteiger partial charge is 0.311 e.